The molecule has 1 aromatic carbocycles. The van der Waals surface area contributed by atoms with Gasteiger partial charge in [0.2, 0.25) is 0 Å². The number of ether oxygens (including phenoxy) is 2. The number of rotatable bonds is 7. The highest BCUT2D eigenvalue weighted by molar-refractivity contribution is 7.99. The number of hydrogen-bond donors (Lipinski definition) is 0. The molecule has 0 aliphatic heterocycles. The Labute approximate surface area is 162 Å². The second-order valence-corrected chi connectivity index (χ2v) is 7.97. The van der Waals surface area contributed by atoms with Crippen molar-refractivity contribution in [2.75, 3.05) is 26.6 Å². The number of Topliss-reactive ketones (excluding diaryl/α,β-unsaturated/α-hetero) is 1. The molecule has 0 fully saturated rings. The number of benzene rings is 1. The Kier molecular flexibility index (Phi) is 6.78. The number of aromatic nitrogens is 2. The van der Waals surface area contributed by atoms with E-state index in [1.54, 1.807) is 13.2 Å². The summed E-state index contributed by atoms with van der Waals surface area (Å²) in [5.74, 6) is -0.242. The van der Waals surface area contributed by atoms with E-state index in [2.05, 4.69) is 4.98 Å². The molecule has 0 saturated carbocycles. The van der Waals surface area contributed by atoms with Gasteiger partial charge in [-0.2, -0.15) is 0 Å². The molecule has 0 bridgehead atoms. The lowest BCUT2D eigenvalue weighted by Crippen LogP contribution is -2.27. The van der Waals surface area contributed by atoms with Gasteiger partial charge in [0.25, 0.3) is 5.56 Å². The first-order chi connectivity index (χ1) is 12.7. The standard InChI is InChI=1S/C19H24N2O5S/c1-19(2,3)15(22)11-27-18-20-14-10-12(17(24)26-5)6-7-13(14)16(23)21(18)8-9-25-4/h6-7,10H,8-9,11H2,1-5H3. The summed E-state index contributed by atoms with van der Waals surface area (Å²) >= 11 is 1.21. The van der Waals surface area contributed by atoms with Crippen molar-refractivity contribution in [3.8, 4) is 0 Å². The Balaban J connectivity index is 2.51. The van der Waals surface area contributed by atoms with E-state index in [4.69, 9.17) is 9.47 Å². The van der Waals surface area contributed by atoms with Gasteiger partial charge >= 0.3 is 5.97 Å². The third-order valence-corrected chi connectivity index (χ3v) is 5.01. The number of carbonyl (C=O) groups excluding carboxylic acids is 2. The molecule has 0 unspecified atom stereocenters. The van der Waals surface area contributed by atoms with Crippen LogP contribution >= 0.6 is 11.8 Å². The molecular formula is C19H24N2O5S. The summed E-state index contributed by atoms with van der Waals surface area (Å²) in [6.45, 7) is 6.22. The molecule has 0 radical (unpaired) electrons. The summed E-state index contributed by atoms with van der Waals surface area (Å²) in [7, 11) is 2.85. The van der Waals surface area contributed by atoms with E-state index in [0.717, 1.165) is 0 Å². The lowest BCUT2D eigenvalue weighted by Gasteiger charge is -2.17. The van der Waals surface area contributed by atoms with E-state index in [9.17, 15) is 14.4 Å². The quantitative estimate of drug-likeness (QED) is 0.406. The predicted octanol–water partition coefficient (Wildman–Crippen LogP) is 2.54. The van der Waals surface area contributed by atoms with Crippen LogP contribution in [-0.4, -0.2) is 47.9 Å². The Bertz CT molecular complexity index is 915. The Morgan fingerprint density at radius 1 is 1.22 bits per heavy atom. The maximum Gasteiger partial charge on any atom is 0.337 e. The minimum absolute atomic E-state index is 0.0587. The molecule has 8 heteroatoms. The molecule has 27 heavy (non-hydrogen) atoms. The molecule has 0 aliphatic carbocycles. The van der Waals surface area contributed by atoms with Crippen LogP contribution in [0, 0.1) is 5.41 Å². The zero-order valence-corrected chi connectivity index (χ0v) is 17.0. The third kappa shape index (κ3) is 4.95. The Morgan fingerprint density at radius 3 is 2.52 bits per heavy atom. The van der Waals surface area contributed by atoms with Crippen LogP contribution in [0.5, 0.6) is 0 Å². The summed E-state index contributed by atoms with van der Waals surface area (Å²) in [4.78, 5) is 41.5. The zero-order chi connectivity index (χ0) is 20.2. The predicted molar refractivity (Wildman–Crippen MR) is 104 cm³/mol. The normalized spacial score (nSPS) is 11.6. The van der Waals surface area contributed by atoms with Crippen LogP contribution in [0.15, 0.2) is 28.2 Å². The van der Waals surface area contributed by atoms with Gasteiger partial charge in [0, 0.05) is 12.5 Å². The second kappa shape index (κ2) is 8.67. The van der Waals surface area contributed by atoms with Gasteiger partial charge in [-0.1, -0.05) is 32.5 Å². The van der Waals surface area contributed by atoms with Crippen molar-refractivity contribution in [2.45, 2.75) is 32.5 Å². The van der Waals surface area contributed by atoms with Crippen molar-refractivity contribution in [1.29, 1.82) is 0 Å². The maximum atomic E-state index is 12.9. The molecule has 2 aromatic rings. The SMILES string of the molecule is COCCn1c(SCC(=O)C(C)(C)C)nc2cc(C(=O)OC)ccc2c1=O. The van der Waals surface area contributed by atoms with Crippen LogP contribution in [-0.2, 0) is 20.8 Å². The van der Waals surface area contributed by atoms with Crippen LogP contribution in [0.2, 0.25) is 0 Å². The van der Waals surface area contributed by atoms with Crippen molar-refractivity contribution >= 4 is 34.4 Å². The Hall–Kier alpha value is -2.19. The van der Waals surface area contributed by atoms with E-state index >= 15 is 0 Å². The van der Waals surface area contributed by atoms with Gasteiger partial charge in [-0.15, -0.1) is 0 Å². The molecule has 0 amide bonds. The van der Waals surface area contributed by atoms with Crippen LogP contribution in [0.4, 0.5) is 0 Å². The van der Waals surface area contributed by atoms with Gasteiger partial charge in [0.05, 0.1) is 42.5 Å². The first-order valence-corrected chi connectivity index (χ1v) is 9.45. The highest BCUT2D eigenvalue weighted by atomic mass is 32.2. The lowest BCUT2D eigenvalue weighted by molar-refractivity contribution is -0.123. The second-order valence-electron chi connectivity index (χ2n) is 7.03. The van der Waals surface area contributed by atoms with Crippen LogP contribution < -0.4 is 5.56 Å². The first kappa shape index (κ1) is 21.1. The maximum absolute atomic E-state index is 12.9. The molecule has 1 aromatic heterocycles. The summed E-state index contributed by atoms with van der Waals surface area (Å²) in [6.07, 6.45) is 0. The van der Waals surface area contributed by atoms with Gasteiger partial charge in [0.15, 0.2) is 5.16 Å². The minimum Gasteiger partial charge on any atom is -0.465 e. The van der Waals surface area contributed by atoms with E-state index in [-0.39, 0.29) is 17.1 Å². The van der Waals surface area contributed by atoms with Crippen molar-refractivity contribution < 1.29 is 19.1 Å². The van der Waals surface area contributed by atoms with Crippen LogP contribution in [0.1, 0.15) is 31.1 Å². The monoisotopic (exact) mass is 392 g/mol. The summed E-state index contributed by atoms with van der Waals surface area (Å²) in [5.41, 5.74) is -0.00534. The zero-order valence-electron chi connectivity index (χ0n) is 16.2. The number of hydrogen-bond acceptors (Lipinski definition) is 7. The smallest absolute Gasteiger partial charge is 0.337 e. The highest BCUT2D eigenvalue weighted by Crippen LogP contribution is 2.23. The molecule has 0 saturated heterocycles. The average molecular weight is 392 g/mol. The van der Waals surface area contributed by atoms with E-state index in [0.29, 0.717) is 34.8 Å². The fraction of sp³-hybridized carbons (Fsp3) is 0.474. The number of thioether (sulfide) groups is 1. The van der Waals surface area contributed by atoms with Crippen LogP contribution in [0.3, 0.4) is 0 Å². The van der Waals surface area contributed by atoms with Crippen molar-refractivity contribution in [1.82, 2.24) is 9.55 Å². The lowest BCUT2D eigenvalue weighted by atomic mass is 9.92. The number of nitrogens with zero attached hydrogens (tertiary/aromatic N) is 2. The molecule has 2 rings (SSSR count). The van der Waals surface area contributed by atoms with E-state index in [1.165, 1.54) is 35.6 Å². The molecule has 0 spiro atoms. The van der Waals surface area contributed by atoms with Crippen molar-refractivity contribution in [2.24, 2.45) is 5.41 Å². The van der Waals surface area contributed by atoms with Gasteiger partial charge in [0.1, 0.15) is 5.78 Å². The van der Waals surface area contributed by atoms with Gasteiger partial charge in [-0.3, -0.25) is 14.2 Å². The molecular weight excluding hydrogens is 368 g/mol. The largest absolute Gasteiger partial charge is 0.465 e. The number of fused-ring (bicyclic) bond motifs is 1. The van der Waals surface area contributed by atoms with Crippen LogP contribution in [0.25, 0.3) is 10.9 Å². The number of ketones is 1. The first-order valence-electron chi connectivity index (χ1n) is 8.47. The van der Waals surface area contributed by atoms with Gasteiger partial charge in [-0.05, 0) is 18.2 Å². The third-order valence-electron chi connectivity index (χ3n) is 4.03. The van der Waals surface area contributed by atoms with E-state index in [1.807, 2.05) is 20.8 Å². The number of esters is 1. The molecule has 146 valence electrons. The van der Waals surface area contributed by atoms with Crippen molar-refractivity contribution in [3.63, 3.8) is 0 Å². The topological polar surface area (TPSA) is 87.5 Å². The fourth-order valence-electron chi connectivity index (χ4n) is 2.28. The molecule has 0 aliphatic rings. The number of methoxy groups -OCH3 is 2. The minimum atomic E-state index is -0.501. The number of carbonyl (C=O) groups is 2. The molecule has 0 atom stereocenters. The highest BCUT2D eigenvalue weighted by Gasteiger charge is 2.22. The summed E-state index contributed by atoms with van der Waals surface area (Å²) in [5, 5.41) is 0.814. The Morgan fingerprint density at radius 2 is 1.93 bits per heavy atom. The summed E-state index contributed by atoms with van der Waals surface area (Å²) < 4.78 is 11.3. The molecule has 1 heterocycles. The van der Waals surface area contributed by atoms with Crippen molar-refractivity contribution in [3.05, 3.63) is 34.1 Å². The van der Waals surface area contributed by atoms with Gasteiger partial charge < -0.3 is 9.47 Å². The van der Waals surface area contributed by atoms with E-state index < -0.39 is 11.4 Å². The molecule has 7 nitrogen and oxygen atoms in total. The molecule has 0 N–H and O–H groups in total. The fourth-order valence-corrected chi connectivity index (χ4v) is 3.47. The van der Waals surface area contributed by atoms with Gasteiger partial charge in [-0.25, -0.2) is 9.78 Å². The average Bonchev–Trinajstić information content (AvgIpc) is 2.63. The summed E-state index contributed by atoms with van der Waals surface area (Å²) in [6, 6.07) is 4.63.